The highest BCUT2D eigenvalue weighted by Crippen LogP contribution is 2.27. The Morgan fingerprint density at radius 3 is 2.72 bits per heavy atom. The van der Waals surface area contributed by atoms with Crippen molar-refractivity contribution in [2.24, 2.45) is 0 Å². The van der Waals surface area contributed by atoms with E-state index in [0.717, 1.165) is 22.6 Å². The predicted molar refractivity (Wildman–Crippen MR) is 70.2 cm³/mol. The molecule has 94 valence electrons. The van der Waals surface area contributed by atoms with Gasteiger partial charge in [-0.15, -0.1) is 11.3 Å². The summed E-state index contributed by atoms with van der Waals surface area (Å²) in [4.78, 5) is 15.6. The summed E-state index contributed by atoms with van der Waals surface area (Å²) in [5, 5.41) is 2.20. The molecule has 5 heteroatoms. The van der Waals surface area contributed by atoms with Crippen molar-refractivity contribution >= 4 is 17.3 Å². The summed E-state index contributed by atoms with van der Waals surface area (Å²) in [5.74, 6) is 0.429. The van der Waals surface area contributed by atoms with Crippen molar-refractivity contribution in [3.63, 3.8) is 0 Å². The van der Waals surface area contributed by atoms with E-state index in [9.17, 15) is 4.79 Å². The minimum absolute atomic E-state index is 0.362. The number of carbonyl (C=O) groups excluding carboxylic acids is 1. The largest absolute Gasteiger partial charge is 0.496 e. The van der Waals surface area contributed by atoms with E-state index in [0.29, 0.717) is 5.01 Å². The Hall–Kier alpha value is -1.88. The van der Waals surface area contributed by atoms with Crippen LogP contribution in [-0.4, -0.2) is 25.2 Å². The number of aryl methyl sites for hydroxylation is 1. The van der Waals surface area contributed by atoms with Gasteiger partial charge in [0.15, 0.2) is 0 Å². The quantitative estimate of drug-likeness (QED) is 0.799. The number of carbonyl (C=O) groups is 1. The molecule has 0 unspecified atom stereocenters. The molecule has 0 bridgehead atoms. The maximum absolute atomic E-state index is 11.3. The van der Waals surface area contributed by atoms with Crippen LogP contribution in [0.2, 0.25) is 0 Å². The molecule has 1 aromatic carbocycles. The van der Waals surface area contributed by atoms with Crippen LogP contribution in [-0.2, 0) is 4.74 Å². The SMILES string of the molecule is COC(=O)c1nc(-c2ccc(OC)c(C)c2)cs1. The number of ether oxygens (including phenoxy) is 2. The van der Waals surface area contributed by atoms with Gasteiger partial charge < -0.3 is 9.47 Å². The molecule has 0 amide bonds. The predicted octanol–water partition coefficient (Wildman–Crippen LogP) is 2.91. The molecule has 0 atom stereocenters. The van der Waals surface area contributed by atoms with Crippen LogP contribution in [0.3, 0.4) is 0 Å². The molecule has 1 heterocycles. The molecule has 0 fully saturated rings. The number of benzene rings is 1. The van der Waals surface area contributed by atoms with Crippen LogP contribution in [0.1, 0.15) is 15.4 Å². The first-order valence-electron chi connectivity index (χ1n) is 5.34. The van der Waals surface area contributed by atoms with E-state index in [-0.39, 0.29) is 0 Å². The lowest BCUT2D eigenvalue weighted by atomic mass is 10.1. The Labute approximate surface area is 109 Å². The number of hydrogen-bond donors (Lipinski definition) is 0. The Kier molecular flexibility index (Phi) is 3.62. The summed E-state index contributed by atoms with van der Waals surface area (Å²) >= 11 is 1.28. The van der Waals surface area contributed by atoms with Gasteiger partial charge in [0, 0.05) is 10.9 Å². The first kappa shape index (κ1) is 12.6. The van der Waals surface area contributed by atoms with Crippen LogP contribution in [0.4, 0.5) is 0 Å². The summed E-state index contributed by atoms with van der Waals surface area (Å²) in [7, 11) is 2.99. The van der Waals surface area contributed by atoms with Crippen LogP contribution >= 0.6 is 11.3 Å². The Bertz CT molecular complexity index is 577. The zero-order chi connectivity index (χ0) is 13.1. The summed E-state index contributed by atoms with van der Waals surface area (Å²) in [6, 6.07) is 5.79. The zero-order valence-electron chi connectivity index (χ0n) is 10.4. The third kappa shape index (κ3) is 2.36. The molecule has 2 rings (SSSR count). The number of thiazole rings is 1. The maximum atomic E-state index is 11.3. The third-order valence-corrected chi connectivity index (χ3v) is 3.38. The maximum Gasteiger partial charge on any atom is 0.367 e. The van der Waals surface area contributed by atoms with Crippen LogP contribution in [0.25, 0.3) is 11.3 Å². The van der Waals surface area contributed by atoms with E-state index in [1.54, 1.807) is 7.11 Å². The normalized spacial score (nSPS) is 10.2. The molecule has 4 nitrogen and oxygen atoms in total. The smallest absolute Gasteiger partial charge is 0.367 e. The topological polar surface area (TPSA) is 48.4 Å². The minimum Gasteiger partial charge on any atom is -0.496 e. The van der Waals surface area contributed by atoms with Gasteiger partial charge >= 0.3 is 5.97 Å². The van der Waals surface area contributed by atoms with Gasteiger partial charge in [0.25, 0.3) is 0 Å². The molecule has 0 aliphatic carbocycles. The fraction of sp³-hybridized carbons (Fsp3) is 0.231. The highest BCUT2D eigenvalue weighted by Gasteiger charge is 2.12. The zero-order valence-corrected chi connectivity index (χ0v) is 11.2. The molecule has 0 saturated carbocycles. The molecule has 0 aliphatic rings. The first-order chi connectivity index (χ1) is 8.65. The molecular formula is C13H13NO3S. The van der Waals surface area contributed by atoms with E-state index in [1.165, 1.54) is 18.4 Å². The molecule has 0 aliphatic heterocycles. The lowest BCUT2D eigenvalue weighted by Gasteiger charge is -2.05. The van der Waals surface area contributed by atoms with Gasteiger partial charge in [-0.1, -0.05) is 0 Å². The summed E-state index contributed by atoms with van der Waals surface area (Å²) < 4.78 is 9.84. The van der Waals surface area contributed by atoms with Gasteiger partial charge in [-0.05, 0) is 30.7 Å². The summed E-state index contributed by atoms with van der Waals surface area (Å²) in [6.45, 7) is 1.97. The molecular weight excluding hydrogens is 250 g/mol. The molecule has 0 saturated heterocycles. The van der Waals surface area contributed by atoms with Crippen molar-refractivity contribution in [3.8, 4) is 17.0 Å². The fourth-order valence-corrected chi connectivity index (χ4v) is 2.37. The Morgan fingerprint density at radius 1 is 1.33 bits per heavy atom. The second kappa shape index (κ2) is 5.18. The molecule has 0 N–H and O–H groups in total. The standard InChI is InChI=1S/C13H13NO3S/c1-8-6-9(4-5-11(8)16-2)10-7-18-12(14-10)13(15)17-3/h4-7H,1-3H3. The number of methoxy groups -OCH3 is 2. The number of esters is 1. The molecule has 0 spiro atoms. The van der Waals surface area contributed by atoms with Gasteiger partial charge in [-0.25, -0.2) is 9.78 Å². The highest BCUT2D eigenvalue weighted by molar-refractivity contribution is 7.11. The lowest BCUT2D eigenvalue weighted by Crippen LogP contribution is -1.99. The molecule has 2 aromatic rings. The number of rotatable bonds is 3. The van der Waals surface area contributed by atoms with Gasteiger partial charge in [-0.3, -0.25) is 0 Å². The van der Waals surface area contributed by atoms with Gasteiger partial charge in [-0.2, -0.15) is 0 Å². The summed E-state index contributed by atoms with van der Waals surface area (Å²) in [6.07, 6.45) is 0. The molecule has 1 aromatic heterocycles. The third-order valence-electron chi connectivity index (χ3n) is 2.55. The average molecular weight is 263 g/mol. The monoisotopic (exact) mass is 263 g/mol. The highest BCUT2D eigenvalue weighted by atomic mass is 32.1. The van der Waals surface area contributed by atoms with Crippen molar-refractivity contribution in [1.29, 1.82) is 0 Å². The lowest BCUT2D eigenvalue weighted by molar-refractivity contribution is 0.0600. The first-order valence-corrected chi connectivity index (χ1v) is 6.22. The number of aromatic nitrogens is 1. The fourth-order valence-electron chi connectivity index (χ4n) is 1.63. The van der Waals surface area contributed by atoms with Gasteiger partial charge in [0.1, 0.15) is 5.75 Å². The molecule has 0 radical (unpaired) electrons. The van der Waals surface area contributed by atoms with E-state index in [2.05, 4.69) is 9.72 Å². The van der Waals surface area contributed by atoms with Crippen LogP contribution < -0.4 is 4.74 Å². The number of nitrogens with zero attached hydrogens (tertiary/aromatic N) is 1. The second-order valence-electron chi connectivity index (χ2n) is 3.71. The minimum atomic E-state index is -0.406. The van der Waals surface area contributed by atoms with Crippen molar-refractivity contribution in [3.05, 3.63) is 34.2 Å². The van der Waals surface area contributed by atoms with Crippen molar-refractivity contribution < 1.29 is 14.3 Å². The Balaban J connectivity index is 2.34. The Morgan fingerprint density at radius 2 is 2.11 bits per heavy atom. The number of hydrogen-bond acceptors (Lipinski definition) is 5. The van der Waals surface area contributed by atoms with E-state index >= 15 is 0 Å². The van der Waals surface area contributed by atoms with Gasteiger partial charge in [0.2, 0.25) is 5.01 Å². The second-order valence-corrected chi connectivity index (χ2v) is 4.57. The average Bonchev–Trinajstić information content (AvgIpc) is 2.87. The van der Waals surface area contributed by atoms with E-state index in [4.69, 9.17) is 4.74 Å². The van der Waals surface area contributed by atoms with Crippen LogP contribution in [0.5, 0.6) is 5.75 Å². The van der Waals surface area contributed by atoms with Crippen molar-refractivity contribution in [1.82, 2.24) is 4.98 Å². The van der Waals surface area contributed by atoms with Gasteiger partial charge in [0.05, 0.1) is 19.9 Å². The van der Waals surface area contributed by atoms with Crippen molar-refractivity contribution in [2.75, 3.05) is 14.2 Å². The van der Waals surface area contributed by atoms with Crippen LogP contribution in [0.15, 0.2) is 23.6 Å². The summed E-state index contributed by atoms with van der Waals surface area (Å²) in [5.41, 5.74) is 2.76. The van der Waals surface area contributed by atoms with E-state index in [1.807, 2.05) is 30.5 Å². The van der Waals surface area contributed by atoms with E-state index < -0.39 is 5.97 Å². The molecule has 18 heavy (non-hydrogen) atoms. The van der Waals surface area contributed by atoms with Crippen molar-refractivity contribution in [2.45, 2.75) is 6.92 Å². The van der Waals surface area contributed by atoms with Crippen LogP contribution in [0, 0.1) is 6.92 Å².